The number of hydrogen-bond donors (Lipinski definition) is 1. The van der Waals surface area contributed by atoms with Crippen LogP contribution in [0.3, 0.4) is 0 Å². The number of nitrogens with zero attached hydrogens (tertiary/aromatic N) is 2. The van der Waals surface area contributed by atoms with Crippen molar-refractivity contribution in [3.8, 4) is 0 Å². The maximum atomic E-state index is 4.61. The molecule has 0 spiro atoms. The van der Waals surface area contributed by atoms with Crippen LogP contribution in [0.5, 0.6) is 0 Å². The molecule has 2 saturated carbocycles. The van der Waals surface area contributed by atoms with Crippen molar-refractivity contribution in [1.29, 1.82) is 0 Å². The summed E-state index contributed by atoms with van der Waals surface area (Å²) in [6, 6.07) is 6.89. The number of aromatic nitrogens is 2. The molecular weight excluding hydrogens is 313 g/mol. The normalized spacial score (nSPS) is 34.8. The second kappa shape index (κ2) is 4.08. The van der Waals surface area contributed by atoms with Crippen LogP contribution in [-0.4, -0.2) is 29.0 Å². The fraction of sp³-hybridized carbons (Fsp3) is 0.625. The molecule has 3 nitrogen and oxygen atoms in total. The number of hydrogen-bond acceptors (Lipinski definition) is 3. The Morgan fingerprint density at radius 3 is 2.85 bits per heavy atom. The molecule has 0 aliphatic heterocycles. The first-order chi connectivity index (χ1) is 9.51. The van der Waals surface area contributed by atoms with Gasteiger partial charge in [-0.05, 0) is 0 Å². The zero-order chi connectivity index (χ0) is 14.0. The predicted octanol–water partition coefficient (Wildman–Crippen LogP) is 3.31. The summed E-state index contributed by atoms with van der Waals surface area (Å²) in [6.07, 6.45) is 4.13. The molecule has 0 radical (unpaired) electrons. The van der Waals surface area contributed by atoms with Gasteiger partial charge in [-0.3, -0.25) is 0 Å². The van der Waals surface area contributed by atoms with Gasteiger partial charge in [0.1, 0.15) is 0 Å². The van der Waals surface area contributed by atoms with Crippen LogP contribution in [0.1, 0.15) is 40.0 Å². The second-order valence-corrected chi connectivity index (χ2v) is 8.54. The van der Waals surface area contributed by atoms with E-state index >= 15 is 0 Å². The summed E-state index contributed by atoms with van der Waals surface area (Å²) < 4.78 is 9.10. The van der Waals surface area contributed by atoms with E-state index in [1.807, 2.05) is 0 Å². The minimum atomic E-state index is 0.0498. The zero-order valence-electron chi connectivity index (χ0n) is 12.3. The Balaban J connectivity index is 1.74. The van der Waals surface area contributed by atoms with Crippen LogP contribution < -0.4 is 5.32 Å². The van der Waals surface area contributed by atoms with Gasteiger partial charge < -0.3 is 0 Å². The quantitative estimate of drug-likeness (QED) is 0.856. The van der Waals surface area contributed by atoms with Crippen molar-refractivity contribution in [2.75, 3.05) is 5.32 Å². The Bertz CT molecular complexity index is 658. The second-order valence-electron chi connectivity index (χ2n) is 7.43. The first-order valence-electron chi connectivity index (χ1n) is 7.48. The molecule has 2 fully saturated rings. The molecule has 0 saturated heterocycles. The van der Waals surface area contributed by atoms with Crippen LogP contribution in [0, 0.1) is 16.7 Å². The van der Waals surface area contributed by atoms with Gasteiger partial charge in [0.15, 0.2) is 0 Å². The van der Waals surface area contributed by atoms with Gasteiger partial charge in [-0.2, -0.15) is 0 Å². The van der Waals surface area contributed by atoms with Gasteiger partial charge in [0.2, 0.25) is 0 Å². The van der Waals surface area contributed by atoms with Crippen LogP contribution in [0.25, 0.3) is 11.0 Å². The zero-order valence-corrected chi connectivity index (χ0v) is 14.0. The first kappa shape index (κ1) is 12.8. The third kappa shape index (κ3) is 1.64. The summed E-state index contributed by atoms with van der Waals surface area (Å²) in [5, 5.41) is 3.86. The molecule has 4 rings (SSSR count). The van der Waals surface area contributed by atoms with E-state index in [1.165, 1.54) is 24.9 Å². The van der Waals surface area contributed by atoms with Crippen molar-refractivity contribution in [1.82, 2.24) is 7.96 Å². The Morgan fingerprint density at radius 2 is 2.10 bits per heavy atom. The Morgan fingerprint density at radius 1 is 1.25 bits per heavy atom. The third-order valence-electron chi connectivity index (χ3n) is 5.86. The van der Waals surface area contributed by atoms with Gasteiger partial charge in [0.05, 0.1) is 0 Å². The van der Waals surface area contributed by atoms with E-state index in [2.05, 4.69) is 52.2 Å². The van der Waals surface area contributed by atoms with Gasteiger partial charge in [-0.25, -0.2) is 0 Å². The molecular formula is C16H21N3Se. The number of anilines is 1. The summed E-state index contributed by atoms with van der Waals surface area (Å²) in [5.74, 6) is 0.868. The molecule has 2 bridgehead atoms. The van der Waals surface area contributed by atoms with E-state index in [0.717, 1.165) is 17.0 Å². The molecule has 2 aromatic rings. The molecule has 20 heavy (non-hydrogen) atoms. The predicted molar refractivity (Wildman–Crippen MR) is 83.1 cm³/mol. The van der Waals surface area contributed by atoms with Crippen LogP contribution in [-0.2, 0) is 0 Å². The van der Waals surface area contributed by atoms with Crippen molar-refractivity contribution >= 4 is 31.7 Å². The summed E-state index contributed by atoms with van der Waals surface area (Å²) >= 11 is 0.0498. The average molecular weight is 334 g/mol. The summed E-state index contributed by atoms with van der Waals surface area (Å²) in [7, 11) is 0. The minimum absolute atomic E-state index is 0.0498. The molecule has 0 amide bonds. The number of rotatable bonds is 2. The SMILES string of the molecule is CC12CCC(C1)C(C)(C)C2Nc1cccc2n[se]nc12. The molecule has 1 aromatic heterocycles. The third-order valence-corrected chi connectivity index (χ3v) is 6.99. The van der Waals surface area contributed by atoms with Crippen LogP contribution in [0.2, 0.25) is 0 Å². The molecule has 1 heterocycles. The first-order valence-corrected chi connectivity index (χ1v) is 9.02. The van der Waals surface area contributed by atoms with E-state index in [1.54, 1.807) is 0 Å². The van der Waals surface area contributed by atoms with Gasteiger partial charge >= 0.3 is 126 Å². The molecule has 1 aromatic carbocycles. The fourth-order valence-electron chi connectivity index (χ4n) is 4.74. The van der Waals surface area contributed by atoms with Crippen molar-refractivity contribution in [3.05, 3.63) is 18.2 Å². The van der Waals surface area contributed by atoms with Crippen molar-refractivity contribution in [2.45, 2.75) is 46.1 Å². The Hall–Kier alpha value is -0.861. The Kier molecular flexibility index (Phi) is 2.62. The molecule has 1 N–H and O–H groups in total. The monoisotopic (exact) mass is 335 g/mol. The van der Waals surface area contributed by atoms with Crippen molar-refractivity contribution < 1.29 is 0 Å². The standard InChI is InChI=1S/C16H21N3Se/c1-15(2)10-7-8-16(3,9-10)14(15)17-11-5-4-6-12-13(11)19-20-18-12/h4-6,10,14,17H,7-9H2,1-3H3. The molecule has 2 aliphatic rings. The fourth-order valence-corrected chi connectivity index (χ4v) is 5.89. The molecule has 3 unspecified atom stereocenters. The van der Waals surface area contributed by atoms with E-state index in [9.17, 15) is 0 Å². The number of nitrogens with one attached hydrogen (secondary N) is 1. The molecule has 4 heteroatoms. The molecule has 3 atom stereocenters. The summed E-state index contributed by atoms with van der Waals surface area (Å²) in [6.45, 7) is 7.34. The average Bonchev–Trinajstić information content (AvgIpc) is 3.05. The van der Waals surface area contributed by atoms with E-state index < -0.39 is 0 Å². The summed E-state index contributed by atoms with van der Waals surface area (Å²) in [4.78, 5) is 0. The van der Waals surface area contributed by atoms with E-state index in [-0.39, 0.29) is 15.0 Å². The molecule has 2 aliphatic carbocycles. The van der Waals surface area contributed by atoms with Crippen LogP contribution in [0.4, 0.5) is 5.69 Å². The topological polar surface area (TPSA) is 37.8 Å². The van der Waals surface area contributed by atoms with Crippen LogP contribution in [0.15, 0.2) is 18.2 Å². The van der Waals surface area contributed by atoms with Crippen molar-refractivity contribution in [3.63, 3.8) is 0 Å². The van der Waals surface area contributed by atoms with Gasteiger partial charge in [-0.15, -0.1) is 0 Å². The van der Waals surface area contributed by atoms with Gasteiger partial charge in [0.25, 0.3) is 0 Å². The summed E-state index contributed by atoms with van der Waals surface area (Å²) in [5.41, 5.74) is 4.17. The number of benzene rings is 1. The van der Waals surface area contributed by atoms with Gasteiger partial charge in [0, 0.05) is 0 Å². The van der Waals surface area contributed by atoms with E-state index in [0.29, 0.717) is 16.9 Å². The molecule has 106 valence electrons. The Labute approximate surface area is 126 Å². The number of fused-ring (bicyclic) bond motifs is 3. The van der Waals surface area contributed by atoms with E-state index in [4.69, 9.17) is 0 Å². The van der Waals surface area contributed by atoms with Crippen LogP contribution >= 0.6 is 0 Å². The van der Waals surface area contributed by atoms with Gasteiger partial charge in [-0.1, -0.05) is 0 Å². The van der Waals surface area contributed by atoms with Crippen molar-refractivity contribution in [2.24, 2.45) is 16.7 Å². The maximum absolute atomic E-state index is 4.61.